The highest BCUT2D eigenvalue weighted by Gasteiger charge is 1.92. The van der Waals surface area contributed by atoms with E-state index < -0.39 is 0 Å². The number of aryl methyl sites for hydroxylation is 1. The van der Waals surface area contributed by atoms with Crippen LogP contribution in [-0.2, 0) is 6.54 Å². The lowest BCUT2D eigenvalue weighted by Crippen LogP contribution is -1.98. The lowest BCUT2D eigenvalue weighted by atomic mass is 10.3. The van der Waals surface area contributed by atoms with Crippen LogP contribution in [0.15, 0.2) is 12.7 Å². The summed E-state index contributed by atoms with van der Waals surface area (Å²) in [7, 11) is 0. The molecule has 4 heteroatoms. The van der Waals surface area contributed by atoms with Gasteiger partial charge in [-0.25, -0.2) is 11.6 Å². The molecule has 0 N–H and O–H groups in total. The predicted octanol–water partition coefficient (Wildman–Crippen LogP) is 0.978. The van der Waals surface area contributed by atoms with Crippen molar-refractivity contribution in [1.29, 1.82) is 0 Å². The highest BCUT2D eigenvalue weighted by Crippen LogP contribution is 1.92. The van der Waals surface area contributed by atoms with Gasteiger partial charge in [0.25, 0.3) is 0 Å². The molecule has 0 aliphatic rings. The quantitative estimate of drug-likeness (QED) is 0.473. The molecule has 1 rings (SSSR count). The van der Waals surface area contributed by atoms with Crippen LogP contribution in [0, 0.1) is 6.57 Å². The Morgan fingerprint density at radius 2 is 2.36 bits per heavy atom. The summed E-state index contributed by atoms with van der Waals surface area (Å²) in [6.45, 7) is 8.04. The van der Waals surface area contributed by atoms with Crippen LogP contribution in [0.2, 0.25) is 0 Å². The van der Waals surface area contributed by atoms with Gasteiger partial charge < -0.3 is 4.85 Å². The van der Waals surface area contributed by atoms with Crippen LogP contribution in [-0.4, -0.2) is 21.3 Å². The third-order valence-corrected chi connectivity index (χ3v) is 1.37. The monoisotopic (exact) mass is 150 g/mol. The molecule has 0 aliphatic carbocycles. The molecule has 0 saturated carbocycles. The first-order valence-electron chi connectivity index (χ1n) is 3.59. The normalized spacial score (nSPS) is 9.36. The molecule has 0 amide bonds. The minimum absolute atomic E-state index is 0.620. The summed E-state index contributed by atoms with van der Waals surface area (Å²) in [6.07, 6.45) is 5.17. The van der Waals surface area contributed by atoms with Gasteiger partial charge in [0.15, 0.2) is 0 Å². The molecule has 4 nitrogen and oxygen atoms in total. The average Bonchev–Trinajstić information content (AvgIpc) is 2.50. The molecular weight excluding hydrogens is 140 g/mol. The molecule has 0 aliphatic heterocycles. The van der Waals surface area contributed by atoms with Gasteiger partial charge in [-0.1, -0.05) is 0 Å². The molecule has 1 aromatic rings. The Hall–Kier alpha value is -1.37. The minimum Gasteiger partial charge on any atom is -0.317 e. The van der Waals surface area contributed by atoms with Gasteiger partial charge in [0.05, 0.1) is 0 Å². The number of rotatable bonds is 4. The van der Waals surface area contributed by atoms with Crippen LogP contribution in [0.5, 0.6) is 0 Å². The zero-order valence-electron chi connectivity index (χ0n) is 6.27. The van der Waals surface area contributed by atoms with Crippen molar-refractivity contribution in [1.82, 2.24) is 14.8 Å². The zero-order valence-corrected chi connectivity index (χ0v) is 6.27. The number of nitrogens with zero attached hydrogens (tertiary/aromatic N) is 4. The molecule has 0 radical (unpaired) electrons. The summed E-state index contributed by atoms with van der Waals surface area (Å²) < 4.78 is 1.78. The first-order valence-corrected chi connectivity index (χ1v) is 3.59. The number of hydrogen-bond donors (Lipinski definition) is 0. The third kappa shape index (κ3) is 2.80. The molecule has 58 valence electrons. The molecule has 0 bridgehead atoms. The number of aromatic nitrogens is 3. The highest BCUT2D eigenvalue weighted by atomic mass is 15.3. The van der Waals surface area contributed by atoms with E-state index in [0.29, 0.717) is 6.54 Å². The van der Waals surface area contributed by atoms with Gasteiger partial charge >= 0.3 is 0 Å². The van der Waals surface area contributed by atoms with Gasteiger partial charge in [-0.15, -0.1) is 0 Å². The molecule has 0 atom stereocenters. The van der Waals surface area contributed by atoms with E-state index >= 15 is 0 Å². The summed E-state index contributed by atoms with van der Waals surface area (Å²) in [5.74, 6) is 0. The Kier molecular flexibility index (Phi) is 3.13. The highest BCUT2D eigenvalue weighted by molar-refractivity contribution is 4.60. The first kappa shape index (κ1) is 7.73. The second-order valence-electron chi connectivity index (χ2n) is 2.25. The number of unbranched alkanes of at least 4 members (excludes halogenated alkanes) is 1. The maximum absolute atomic E-state index is 6.55. The Bertz CT molecular complexity index is 221. The van der Waals surface area contributed by atoms with Crippen molar-refractivity contribution in [3.8, 4) is 0 Å². The summed E-state index contributed by atoms with van der Waals surface area (Å²) in [5.41, 5.74) is 0. The van der Waals surface area contributed by atoms with Crippen LogP contribution in [0.4, 0.5) is 0 Å². The number of hydrogen-bond acceptors (Lipinski definition) is 2. The predicted molar refractivity (Wildman–Crippen MR) is 40.7 cm³/mol. The summed E-state index contributed by atoms with van der Waals surface area (Å²) in [5, 5.41) is 3.94. The van der Waals surface area contributed by atoms with Crippen molar-refractivity contribution < 1.29 is 0 Å². The van der Waals surface area contributed by atoms with Crippen LogP contribution in [0.3, 0.4) is 0 Å². The second kappa shape index (κ2) is 4.45. The molecule has 0 unspecified atom stereocenters. The van der Waals surface area contributed by atoms with Crippen LogP contribution < -0.4 is 0 Å². The largest absolute Gasteiger partial charge is 0.317 e. The molecular formula is C7H10N4. The first-order chi connectivity index (χ1) is 5.43. The molecule has 0 fully saturated rings. The smallest absolute Gasteiger partial charge is 0.214 e. The minimum atomic E-state index is 0.620. The summed E-state index contributed by atoms with van der Waals surface area (Å²) in [6, 6.07) is 0. The average molecular weight is 150 g/mol. The van der Waals surface area contributed by atoms with Crippen molar-refractivity contribution in [2.75, 3.05) is 6.54 Å². The van der Waals surface area contributed by atoms with E-state index in [-0.39, 0.29) is 0 Å². The lowest BCUT2D eigenvalue weighted by Gasteiger charge is -1.95. The summed E-state index contributed by atoms with van der Waals surface area (Å²) >= 11 is 0. The van der Waals surface area contributed by atoms with Crippen molar-refractivity contribution in [2.24, 2.45) is 0 Å². The van der Waals surface area contributed by atoms with Gasteiger partial charge in [-0.3, -0.25) is 4.68 Å². The fourth-order valence-electron chi connectivity index (χ4n) is 0.813. The van der Waals surface area contributed by atoms with E-state index in [1.807, 2.05) is 0 Å². The molecule has 0 saturated heterocycles. The van der Waals surface area contributed by atoms with Crippen LogP contribution in [0.25, 0.3) is 4.85 Å². The third-order valence-electron chi connectivity index (χ3n) is 1.37. The molecule has 0 aromatic carbocycles. The van der Waals surface area contributed by atoms with E-state index in [1.165, 1.54) is 6.33 Å². The van der Waals surface area contributed by atoms with Gasteiger partial charge in [-0.2, -0.15) is 5.10 Å². The molecule has 1 heterocycles. The molecule has 1 aromatic heterocycles. The SMILES string of the molecule is [C-]#[N+]CCCCn1cncn1. The molecule has 11 heavy (non-hydrogen) atoms. The van der Waals surface area contributed by atoms with Gasteiger partial charge in [0.1, 0.15) is 12.7 Å². The Labute approximate surface area is 65.7 Å². The standard InChI is InChI=1S/C7H10N4/c1-8-4-2-3-5-11-7-9-6-10-11/h6-7H,2-5H2. The lowest BCUT2D eigenvalue weighted by molar-refractivity contribution is 0.567. The second-order valence-corrected chi connectivity index (χ2v) is 2.25. The molecule has 0 spiro atoms. The van der Waals surface area contributed by atoms with Gasteiger partial charge in [0, 0.05) is 13.0 Å². The van der Waals surface area contributed by atoms with Crippen LogP contribution >= 0.6 is 0 Å². The zero-order chi connectivity index (χ0) is 7.94. The van der Waals surface area contributed by atoms with E-state index in [1.54, 1.807) is 11.0 Å². The topological polar surface area (TPSA) is 35.1 Å². The fraction of sp³-hybridized carbons (Fsp3) is 0.571. The van der Waals surface area contributed by atoms with Crippen molar-refractivity contribution in [2.45, 2.75) is 19.4 Å². The Balaban J connectivity index is 2.10. The van der Waals surface area contributed by atoms with Crippen molar-refractivity contribution in [3.05, 3.63) is 24.1 Å². The maximum atomic E-state index is 6.55. The van der Waals surface area contributed by atoms with E-state index in [0.717, 1.165) is 19.4 Å². The van der Waals surface area contributed by atoms with Crippen molar-refractivity contribution >= 4 is 0 Å². The van der Waals surface area contributed by atoms with Gasteiger partial charge in [-0.05, 0) is 6.42 Å². The van der Waals surface area contributed by atoms with Crippen LogP contribution in [0.1, 0.15) is 12.8 Å². The maximum Gasteiger partial charge on any atom is 0.214 e. The Morgan fingerprint density at radius 1 is 1.45 bits per heavy atom. The summed E-state index contributed by atoms with van der Waals surface area (Å²) in [4.78, 5) is 7.07. The van der Waals surface area contributed by atoms with E-state index in [2.05, 4.69) is 14.9 Å². The van der Waals surface area contributed by atoms with E-state index in [9.17, 15) is 0 Å². The Morgan fingerprint density at radius 3 is 3.00 bits per heavy atom. The van der Waals surface area contributed by atoms with Gasteiger partial charge in [0.2, 0.25) is 6.54 Å². The fourth-order valence-corrected chi connectivity index (χ4v) is 0.813. The van der Waals surface area contributed by atoms with Crippen molar-refractivity contribution in [3.63, 3.8) is 0 Å². The van der Waals surface area contributed by atoms with E-state index in [4.69, 9.17) is 6.57 Å².